The lowest BCUT2D eigenvalue weighted by molar-refractivity contribution is -0.119. The van der Waals surface area contributed by atoms with Crippen LogP contribution in [-0.2, 0) is 9.53 Å². The molecule has 0 bridgehead atoms. The molecule has 0 aliphatic carbocycles. The Morgan fingerprint density at radius 1 is 1.38 bits per heavy atom. The highest BCUT2D eigenvalue weighted by atomic mass is 16.6. The van der Waals surface area contributed by atoms with E-state index < -0.39 is 6.09 Å². The van der Waals surface area contributed by atoms with Crippen molar-refractivity contribution in [1.82, 2.24) is 5.32 Å². The summed E-state index contributed by atoms with van der Waals surface area (Å²) < 4.78 is 11.2. The molecule has 0 radical (unpaired) electrons. The van der Waals surface area contributed by atoms with Gasteiger partial charge in [-0.1, -0.05) is 0 Å². The molecule has 1 saturated heterocycles. The van der Waals surface area contributed by atoms with Gasteiger partial charge in [-0.05, 0) is 26.0 Å². The van der Waals surface area contributed by atoms with Crippen molar-refractivity contribution in [2.75, 3.05) is 36.0 Å². The Morgan fingerprint density at radius 2 is 2.19 bits per heavy atom. The third-order valence-electron chi connectivity index (χ3n) is 4.64. The van der Waals surface area contributed by atoms with E-state index in [-0.39, 0.29) is 17.6 Å². The smallest absolute Gasteiger partial charge is 0.414 e. The minimum atomic E-state index is -0.416. The molecule has 0 saturated carbocycles. The Bertz CT molecular complexity index is 804. The van der Waals surface area contributed by atoms with Crippen molar-refractivity contribution in [2.45, 2.75) is 32.4 Å². The van der Waals surface area contributed by atoms with Gasteiger partial charge in [-0.15, -0.1) is 0 Å². The molecular weight excluding hydrogens is 336 g/mol. The van der Waals surface area contributed by atoms with Gasteiger partial charge in [0.25, 0.3) is 0 Å². The lowest BCUT2D eigenvalue weighted by Crippen LogP contribution is -2.38. The molecule has 1 aromatic rings. The number of carbonyl (C=O) groups excluding carboxylic acids is 2. The molecule has 2 amide bonds. The fourth-order valence-corrected chi connectivity index (χ4v) is 3.51. The average Bonchev–Trinajstić information content (AvgIpc) is 3.10. The average molecular weight is 358 g/mol. The molecule has 3 aliphatic rings. The van der Waals surface area contributed by atoms with E-state index in [2.05, 4.69) is 24.1 Å². The Balaban J connectivity index is 1.53. The molecule has 1 N–H and O–H groups in total. The highest BCUT2D eigenvalue weighted by Gasteiger charge is 2.37. The van der Waals surface area contributed by atoms with Gasteiger partial charge in [0, 0.05) is 19.5 Å². The van der Waals surface area contributed by atoms with Crippen LogP contribution in [0, 0.1) is 0 Å². The molecule has 0 spiro atoms. The van der Waals surface area contributed by atoms with Gasteiger partial charge in [0.05, 0.1) is 30.0 Å². The lowest BCUT2D eigenvalue weighted by atomic mass is 10.1. The van der Waals surface area contributed by atoms with Crippen LogP contribution in [0.3, 0.4) is 0 Å². The van der Waals surface area contributed by atoms with Crippen LogP contribution in [0.5, 0.6) is 5.75 Å². The first-order chi connectivity index (χ1) is 12.3. The highest BCUT2D eigenvalue weighted by Crippen LogP contribution is 2.39. The molecule has 1 fully saturated rings. The summed E-state index contributed by atoms with van der Waals surface area (Å²) in [6.45, 7) is 7.57. The summed E-state index contributed by atoms with van der Waals surface area (Å²) >= 11 is 0. The molecule has 26 heavy (non-hydrogen) atoms. The zero-order valence-corrected chi connectivity index (χ0v) is 15.1. The SMILES string of the molecule is CC(=O)NC[C@H]1CN(c2ccc3c(c2)OCC2=NC(C)(C)CN23)C(=O)O1. The fraction of sp³-hybridized carbons (Fsp3) is 0.500. The van der Waals surface area contributed by atoms with Gasteiger partial charge in [0.15, 0.2) is 0 Å². The summed E-state index contributed by atoms with van der Waals surface area (Å²) in [5, 5.41) is 2.68. The van der Waals surface area contributed by atoms with Crippen LogP contribution in [0.2, 0.25) is 0 Å². The number of carbonyl (C=O) groups is 2. The number of nitrogens with one attached hydrogen (secondary N) is 1. The van der Waals surface area contributed by atoms with Gasteiger partial charge in [-0.2, -0.15) is 0 Å². The molecular formula is C18H22N4O4. The standard InChI is InChI=1S/C18H22N4O4/c1-11(23)19-7-13-8-21(17(24)26-13)12-4-5-14-15(6-12)25-9-16-20-18(2,3)10-22(14)16/h4-6,13H,7-10H2,1-3H3,(H,19,23)/t13-/m0/s1. The summed E-state index contributed by atoms with van der Waals surface area (Å²) in [4.78, 5) is 31.7. The van der Waals surface area contributed by atoms with Gasteiger partial charge in [0.2, 0.25) is 5.91 Å². The van der Waals surface area contributed by atoms with Crippen LogP contribution < -0.4 is 19.9 Å². The first-order valence-corrected chi connectivity index (χ1v) is 8.68. The highest BCUT2D eigenvalue weighted by molar-refractivity contribution is 6.04. The minimum absolute atomic E-state index is 0.130. The molecule has 1 aromatic carbocycles. The van der Waals surface area contributed by atoms with Gasteiger partial charge < -0.3 is 19.7 Å². The zero-order valence-electron chi connectivity index (χ0n) is 15.1. The van der Waals surface area contributed by atoms with Crippen molar-refractivity contribution >= 4 is 29.2 Å². The number of benzene rings is 1. The summed E-state index contributed by atoms with van der Waals surface area (Å²) in [6, 6.07) is 5.70. The Hall–Kier alpha value is -2.77. The maximum absolute atomic E-state index is 12.2. The van der Waals surface area contributed by atoms with Crippen LogP contribution in [0.15, 0.2) is 23.2 Å². The Morgan fingerprint density at radius 3 is 2.96 bits per heavy atom. The number of amidine groups is 1. The quantitative estimate of drug-likeness (QED) is 0.886. The van der Waals surface area contributed by atoms with Gasteiger partial charge in [-0.3, -0.25) is 14.7 Å². The number of hydrogen-bond acceptors (Lipinski definition) is 6. The summed E-state index contributed by atoms with van der Waals surface area (Å²) in [7, 11) is 0. The molecule has 138 valence electrons. The minimum Gasteiger partial charge on any atom is -0.483 e. The first-order valence-electron chi connectivity index (χ1n) is 8.68. The third-order valence-corrected chi connectivity index (χ3v) is 4.64. The van der Waals surface area contributed by atoms with Crippen molar-refractivity contribution in [3.05, 3.63) is 18.2 Å². The normalized spacial score (nSPS) is 23.0. The lowest BCUT2D eigenvalue weighted by Gasteiger charge is -2.30. The molecule has 0 unspecified atom stereocenters. The zero-order chi connectivity index (χ0) is 18.5. The summed E-state index contributed by atoms with van der Waals surface area (Å²) in [5.74, 6) is 1.52. The number of ether oxygens (including phenoxy) is 2. The van der Waals surface area contributed by atoms with E-state index in [1.54, 1.807) is 4.90 Å². The predicted molar refractivity (Wildman–Crippen MR) is 97.1 cm³/mol. The second-order valence-corrected chi connectivity index (χ2v) is 7.42. The Kier molecular flexibility index (Phi) is 3.78. The van der Waals surface area contributed by atoms with E-state index in [0.29, 0.717) is 19.7 Å². The fourth-order valence-electron chi connectivity index (χ4n) is 3.51. The second-order valence-electron chi connectivity index (χ2n) is 7.42. The number of fused-ring (bicyclic) bond motifs is 3. The largest absolute Gasteiger partial charge is 0.483 e. The van der Waals surface area contributed by atoms with E-state index in [0.717, 1.165) is 29.5 Å². The third kappa shape index (κ3) is 2.95. The maximum Gasteiger partial charge on any atom is 0.414 e. The number of anilines is 2. The molecule has 1 atom stereocenters. The predicted octanol–water partition coefficient (Wildman–Crippen LogP) is 1.54. The van der Waals surface area contributed by atoms with Crippen molar-refractivity contribution in [3.63, 3.8) is 0 Å². The second kappa shape index (κ2) is 5.89. The van der Waals surface area contributed by atoms with Gasteiger partial charge >= 0.3 is 6.09 Å². The molecule has 3 heterocycles. The number of aliphatic imine (C=N–C) groups is 1. The van der Waals surface area contributed by atoms with Crippen molar-refractivity contribution in [1.29, 1.82) is 0 Å². The van der Waals surface area contributed by atoms with Crippen LogP contribution in [0.25, 0.3) is 0 Å². The number of amides is 2. The number of hydrogen-bond donors (Lipinski definition) is 1. The van der Waals surface area contributed by atoms with Crippen molar-refractivity contribution < 1.29 is 19.1 Å². The number of nitrogens with zero attached hydrogens (tertiary/aromatic N) is 3. The maximum atomic E-state index is 12.2. The van der Waals surface area contributed by atoms with Crippen LogP contribution >= 0.6 is 0 Å². The van der Waals surface area contributed by atoms with Crippen LogP contribution in [-0.4, -0.2) is 55.7 Å². The van der Waals surface area contributed by atoms with E-state index >= 15 is 0 Å². The molecule has 3 aliphatic heterocycles. The number of rotatable bonds is 3. The summed E-state index contributed by atoms with van der Waals surface area (Å²) in [6.07, 6.45) is -0.776. The summed E-state index contributed by atoms with van der Waals surface area (Å²) in [5.41, 5.74) is 1.55. The molecule has 0 aromatic heterocycles. The van der Waals surface area contributed by atoms with Gasteiger partial charge in [0.1, 0.15) is 24.3 Å². The number of cyclic esters (lactones) is 1. The van der Waals surface area contributed by atoms with Crippen molar-refractivity contribution in [2.24, 2.45) is 4.99 Å². The van der Waals surface area contributed by atoms with E-state index in [9.17, 15) is 9.59 Å². The van der Waals surface area contributed by atoms with Gasteiger partial charge in [-0.25, -0.2) is 4.79 Å². The van der Waals surface area contributed by atoms with Crippen LogP contribution in [0.4, 0.5) is 16.2 Å². The topological polar surface area (TPSA) is 83.5 Å². The molecule has 8 nitrogen and oxygen atoms in total. The monoisotopic (exact) mass is 358 g/mol. The Labute approximate surface area is 151 Å². The van der Waals surface area contributed by atoms with E-state index in [1.165, 1.54) is 6.92 Å². The van der Waals surface area contributed by atoms with E-state index in [4.69, 9.17) is 14.5 Å². The molecule has 4 rings (SSSR count). The van der Waals surface area contributed by atoms with E-state index in [1.807, 2.05) is 18.2 Å². The first kappa shape index (κ1) is 16.7. The molecule has 8 heteroatoms. The van der Waals surface area contributed by atoms with Crippen LogP contribution in [0.1, 0.15) is 20.8 Å². The van der Waals surface area contributed by atoms with Crippen molar-refractivity contribution in [3.8, 4) is 5.75 Å².